The van der Waals surface area contributed by atoms with E-state index >= 15 is 8.78 Å². The fraction of sp³-hybridized carbons (Fsp3) is 0.275. The molecule has 0 bridgehead atoms. The summed E-state index contributed by atoms with van der Waals surface area (Å²) in [5.74, 6) is -10.1. The summed E-state index contributed by atoms with van der Waals surface area (Å²) in [6.07, 6.45) is -4.91. The van der Waals surface area contributed by atoms with Gasteiger partial charge in [-0.15, -0.1) is 0 Å². The van der Waals surface area contributed by atoms with E-state index in [0.717, 1.165) is 35.1 Å². The van der Waals surface area contributed by atoms with Gasteiger partial charge in [0, 0.05) is 41.9 Å². The molecule has 0 saturated heterocycles. The minimum Gasteiger partial charge on any atom is -0.591 e. The molecule has 2 aliphatic rings. The van der Waals surface area contributed by atoms with E-state index in [2.05, 4.69) is 35.1 Å². The topological polar surface area (TPSA) is 181 Å². The lowest BCUT2D eigenvalue weighted by Gasteiger charge is -2.26. The van der Waals surface area contributed by atoms with Crippen molar-refractivity contribution in [1.82, 2.24) is 34.6 Å². The molecule has 0 spiro atoms. The summed E-state index contributed by atoms with van der Waals surface area (Å²) in [7, 11) is 0. The molecule has 1 amide bonds. The summed E-state index contributed by atoms with van der Waals surface area (Å²) in [6, 6.07) is 8.45. The molecule has 1 fully saturated rings. The van der Waals surface area contributed by atoms with E-state index in [9.17, 15) is 44.9 Å². The van der Waals surface area contributed by atoms with Gasteiger partial charge < -0.3 is 20.9 Å². The van der Waals surface area contributed by atoms with Gasteiger partial charge in [-0.25, -0.2) is 32.5 Å². The fourth-order valence-electron chi connectivity index (χ4n) is 7.94. The molecule has 334 valence electrons. The lowest BCUT2D eigenvalue weighted by Crippen LogP contribution is -2.38. The minimum absolute atomic E-state index is 0.0623. The molecule has 4 atom stereocenters. The van der Waals surface area contributed by atoms with Crippen LogP contribution in [0.4, 0.5) is 45.2 Å². The molecule has 8 rings (SSSR count). The number of hydrogen-bond donors (Lipinski definition) is 3. The van der Waals surface area contributed by atoms with Crippen LogP contribution in [0.25, 0.3) is 28.0 Å². The third kappa shape index (κ3) is 8.57. The molecule has 0 radical (unpaired) electrons. The van der Waals surface area contributed by atoms with Crippen molar-refractivity contribution < 1.29 is 48.9 Å². The number of benzene rings is 3. The van der Waals surface area contributed by atoms with Gasteiger partial charge in [0.25, 0.3) is 17.9 Å². The monoisotopic (exact) mass is 936 g/mol. The Labute approximate surface area is 362 Å². The van der Waals surface area contributed by atoms with Gasteiger partial charge in [-0.05, 0) is 64.8 Å². The molecule has 4 unspecified atom stereocenters. The van der Waals surface area contributed by atoms with Crippen LogP contribution in [0.15, 0.2) is 76.2 Å². The number of amides is 1. The number of fused-ring (bicyclic) bond motifs is 4. The third-order valence-corrected chi connectivity index (χ3v) is 11.3. The van der Waals surface area contributed by atoms with Crippen molar-refractivity contribution in [3.8, 4) is 17.1 Å². The molecule has 3 aromatic heterocycles. The standard InChI is InChI=1S/C40H30ClF9N10O3S/c1-64(63)58-35(51)30-24(41)5-6-27(31(30)54-16-39(46,47)48)60-37(56-25-12-18(3-4-21(25)38(60)62)36-52-7-2-8-53-36)26(11-17-9-19(42)13-20(43)10-17)55-28(61)15-59-33-29(32(57-59)34(44)45)22-14-23(22)40(33,49)50/h2-10,12-13,22-23,26,34,54H,11,14-16H2,1H3,(H2,51,58)(H,55,61). The maximum absolute atomic E-state index is 15.5. The van der Waals surface area contributed by atoms with Gasteiger partial charge in [0.2, 0.25) is 5.91 Å². The van der Waals surface area contributed by atoms with Gasteiger partial charge in [-0.1, -0.05) is 17.7 Å². The van der Waals surface area contributed by atoms with Crippen molar-refractivity contribution in [2.45, 2.75) is 49.9 Å². The second-order valence-corrected chi connectivity index (χ2v) is 16.3. The molecule has 24 heteroatoms. The second kappa shape index (κ2) is 16.7. The molecular weight excluding hydrogens is 907 g/mol. The van der Waals surface area contributed by atoms with Crippen LogP contribution in [-0.4, -0.2) is 64.6 Å². The van der Waals surface area contributed by atoms with Crippen LogP contribution in [0.2, 0.25) is 5.02 Å². The molecule has 1 saturated carbocycles. The van der Waals surface area contributed by atoms with Crippen molar-refractivity contribution in [2.75, 3.05) is 18.1 Å². The van der Waals surface area contributed by atoms with Crippen molar-refractivity contribution in [3.63, 3.8) is 0 Å². The highest BCUT2D eigenvalue weighted by Crippen LogP contribution is 2.68. The van der Waals surface area contributed by atoms with E-state index in [1.165, 1.54) is 36.7 Å². The Balaban J connectivity index is 1.36. The minimum atomic E-state index is -4.91. The second-order valence-electron chi connectivity index (χ2n) is 14.9. The summed E-state index contributed by atoms with van der Waals surface area (Å²) >= 11 is 4.44. The molecule has 0 aliphatic heterocycles. The van der Waals surface area contributed by atoms with E-state index < -0.39 is 130 Å². The summed E-state index contributed by atoms with van der Waals surface area (Å²) in [4.78, 5) is 42.1. The zero-order valence-electron chi connectivity index (χ0n) is 32.6. The van der Waals surface area contributed by atoms with Crippen LogP contribution in [-0.2, 0) is 35.0 Å². The van der Waals surface area contributed by atoms with Crippen molar-refractivity contribution in [1.29, 1.82) is 0 Å². The van der Waals surface area contributed by atoms with Crippen LogP contribution < -0.4 is 21.9 Å². The molecule has 6 aromatic rings. The predicted molar refractivity (Wildman–Crippen MR) is 216 cm³/mol. The zero-order valence-corrected chi connectivity index (χ0v) is 34.2. The van der Waals surface area contributed by atoms with Gasteiger partial charge >= 0.3 is 6.18 Å². The zero-order chi connectivity index (χ0) is 46.0. The molecule has 4 N–H and O–H groups in total. The first-order valence-corrected chi connectivity index (χ1v) is 20.8. The fourth-order valence-corrected chi connectivity index (χ4v) is 8.56. The van der Waals surface area contributed by atoms with Crippen LogP contribution >= 0.6 is 11.6 Å². The Morgan fingerprint density at radius 1 is 1.09 bits per heavy atom. The average molecular weight is 937 g/mol. The van der Waals surface area contributed by atoms with Gasteiger partial charge in [0.15, 0.2) is 11.7 Å². The first-order valence-electron chi connectivity index (χ1n) is 18.9. The number of nitrogens with one attached hydrogen (secondary N) is 2. The van der Waals surface area contributed by atoms with Crippen molar-refractivity contribution in [2.24, 2.45) is 16.0 Å². The number of rotatable bonds is 13. The Hall–Kier alpha value is -6.20. The quantitative estimate of drug-likeness (QED) is 0.0468. The summed E-state index contributed by atoms with van der Waals surface area (Å²) < 4.78 is 148. The Bertz CT molecular complexity index is 2890. The van der Waals surface area contributed by atoms with Gasteiger partial charge in [0.1, 0.15) is 48.2 Å². The number of amidine groups is 1. The first-order chi connectivity index (χ1) is 30.2. The van der Waals surface area contributed by atoms with Crippen LogP contribution in [0, 0.1) is 17.6 Å². The lowest BCUT2D eigenvalue weighted by atomic mass is 10.0. The number of alkyl halides is 7. The van der Waals surface area contributed by atoms with E-state index in [1.807, 2.05) is 0 Å². The van der Waals surface area contributed by atoms with Crippen LogP contribution in [0.1, 0.15) is 58.7 Å². The Morgan fingerprint density at radius 3 is 2.45 bits per heavy atom. The predicted octanol–water partition coefficient (Wildman–Crippen LogP) is 7.19. The number of nitrogens with zero attached hydrogens (tertiary/aromatic N) is 7. The number of nitrogens with two attached hydrogens (primary N) is 1. The van der Waals surface area contributed by atoms with Crippen molar-refractivity contribution >= 4 is 51.3 Å². The highest BCUT2D eigenvalue weighted by molar-refractivity contribution is 7.89. The van der Waals surface area contributed by atoms with E-state index in [4.69, 9.17) is 17.3 Å². The Kier molecular flexibility index (Phi) is 11.6. The number of aromatic nitrogens is 6. The van der Waals surface area contributed by atoms with Gasteiger partial charge in [-0.3, -0.25) is 18.8 Å². The number of carbonyl (C=O) groups excluding carboxylic acids is 1. The van der Waals surface area contributed by atoms with E-state index in [0.29, 0.717) is 16.3 Å². The normalized spacial score (nSPS) is 17.6. The maximum Gasteiger partial charge on any atom is 0.405 e. The molecule has 64 heavy (non-hydrogen) atoms. The van der Waals surface area contributed by atoms with Crippen LogP contribution in [0.3, 0.4) is 0 Å². The molecule has 2 aliphatic carbocycles. The molecule has 3 aromatic carbocycles. The lowest BCUT2D eigenvalue weighted by molar-refractivity contribution is -0.123. The third-order valence-electron chi connectivity index (χ3n) is 10.5. The molecular formula is C40H30ClF9N10O3S. The summed E-state index contributed by atoms with van der Waals surface area (Å²) in [5, 5.41) is 7.87. The average Bonchev–Trinajstić information content (AvgIpc) is 3.87. The van der Waals surface area contributed by atoms with E-state index in [-0.39, 0.29) is 39.3 Å². The number of carbonyl (C=O) groups is 1. The summed E-state index contributed by atoms with van der Waals surface area (Å²) in [5.41, 5.74) is 1.52. The smallest absolute Gasteiger partial charge is 0.405 e. The highest BCUT2D eigenvalue weighted by atomic mass is 35.5. The highest BCUT2D eigenvalue weighted by Gasteiger charge is 2.67. The van der Waals surface area contributed by atoms with Gasteiger partial charge in [-0.2, -0.15) is 27.1 Å². The molecule has 13 nitrogen and oxygen atoms in total. The Morgan fingerprint density at radius 2 is 1.80 bits per heavy atom. The summed E-state index contributed by atoms with van der Waals surface area (Å²) in [6.45, 7) is -2.86. The van der Waals surface area contributed by atoms with Gasteiger partial charge in [0.05, 0.1) is 50.3 Å². The number of halogens is 10. The largest absolute Gasteiger partial charge is 0.591 e. The SMILES string of the molecule is C[S+]([O-])N=C(N)c1c(Cl)ccc(-n2c(C(Cc3cc(F)cc(F)c3)NC(=O)Cn3nc(C(F)F)c4c3C(F)(F)C3CC43)nc3cc(-c4ncccn4)ccc3c2=O)c1NCC(F)(F)F. The maximum atomic E-state index is 15.5. The first kappa shape index (κ1) is 44.4. The number of hydrogen-bond acceptors (Lipinski definition) is 9. The van der Waals surface area contributed by atoms with Crippen molar-refractivity contribution in [3.05, 3.63) is 128 Å². The molecule has 3 heterocycles. The van der Waals surface area contributed by atoms with E-state index in [1.54, 1.807) is 0 Å². The number of anilines is 1. The van der Waals surface area contributed by atoms with Crippen LogP contribution in [0.5, 0.6) is 0 Å².